The van der Waals surface area contributed by atoms with Crippen LogP contribution in [0.1, 0.15) is 27.5 Å². The minimum atomic E-state index is -0.232. The summed E-state index contributed by atoms with van der Waals surface area (Å²) in [5, 5.41) is 3.46. The molecule has 1 fully saturated rings. The van der Waals surface area contributed by atoms with E-state index < -0.39 is 0 Å². The Bertz CT molecular complexity index is 1110. The van der Waals surface area contributed by atoms with Crippen LogP contribution in [0.15, 0.2) is 30.5 Å². The van der Waals surface area contributed by atoms with Crippen molar-refractivity contribution in [2.75, 3.05) is 66.2 Å². The van der Waals surface area contributed by atoms with Crippen LogP contribution in [-0.2, 0) is 20.8 Å². The van der Waals surface area contributed by atoms with Crippen LogP contribution in [0.2, 0.25) is 0 Å². The molecule has 4 rings (SSSR count). The quantitative estimate of drug-likeness (QED) is 0.493. The molecule has 1 N–H and O–H groups in total. The Morgan fingerprint density at radius 2 is 2.03 bits per heavy atom. The predicted molar refractivity (Wildman–Crippen MR) is 131 cm³/mol. The number of methoxy groups -OCH3 is 2. The van der Waals surface area contributed by atoms with Gasteiger partial charge in [0.2, 0.25) is 0 Å². The summed E-state index contributed by atoms with van der Waals surface area (Å²) in [7, 11) is 5.28. The van der Waals surface area contributed by atoms with Gasteiger partial charge in [-0.15, -0.1) is 0 Å². The molecular formula is C24H30N4O5S. The average molecular weight is 487 g/mol. The van der Waals surface area contributed by atoms with E-state index in [2.05, 4.69) is 20.2 Å². The number of benzene rings is 1. The summed E-state index contributed by atoms with van der Waals surface area (Å²) in [6, 6.07) is 7.44. The maximum absolute atomic E-state index is 13.0. The third-order valence-corrected chi connectivity index (χ3v) is 6.63. The zero-order chi connectivity index (χ0) is 23.9. The molecule has 0 radical (unpaired) electrons. The molecule has 0 saturated carbocycles. The molecule has 1 amide bonds. The van der Waals surface area contributed by atoms with Gasteiger partial charge in [-0.3, -0.25) is 20.0 Å². The number of hydrogen-bond acceptors (Lipinski definition) is 9. The van der Waals surface area contributed by atoms with Gasteiger partial charge in [-0.2, -0.15) is 0 Å². The highest BCUT2D eigenvalue weighted by Crippen LogP contribution is 2.38. The van der Waals surface area contributed by atoms with Crippen molar-refractivity contribution >= 4 is 32.6 Å². The monoisotopic (exact) mass is 486 g/mol. The van der Waals surface area contributed by atoms with Crippen molar-refractivity contribution in [2.45, 2.75) is 12.5 Å². The first-order chi connectivity index (χ1) is 16.6. The van der Waals surface area contributed by atoms with E-state index in [1.807, 2.05) is 19.2 Å². The SMILES string of the molecule is COCCN(C)Cc1cc(C(=O)Nc2nc3c(OC)ccc(C4COCCOC4)c3s2)ccn1. The van der Waals surface area contributed by atoms with Crippen molar-refractivity contribution < 1.29 is 23.7 Å². The maximum Gasteiger partial charge on any atom is 0.257 e. The number of ether oxygens (including phenoxy) is 4. The number of nitrogens with one attached hydrogen (secondary N) is 1. The van der Waals surface area contributed by atoms with Crippen LogP contribution in [0.5, 0.6) is 5.75 Å². The zero-order valence-corrected chi connectivity index (χ0v) is 20.5. The van der Waals surface area contributed by atoms with Gasteiger partial charge in [0.25, 0.3) is 5.91 Å². The smallest absolute Gasteiger partial charge is 0.257 e. The first-order valence-corrected chi connectivity index (χ1v) is 12.0. The summed E-state index contributed by atoms with van der Waals surface area (Å²) < 4.78 is 23.0. The van der Waals surface area contributed by atoms with Gasteiger partial charge in [-0.05, 0) is 30.8 Å². The molecule has 0 bridgehead atoms. The number of anilines is 1. The number of aromatic nitrogens is 2. The highest BCUT2D eigenvalue weighted by atomic mass is 32.1. The van der Waals surface area contributed by atoms with Gasteiger partial charge in [0.15, 0.2) is 5.13 Å². The molecule has 0 spiro atoms. The van der Waals surface area contributed by atoms with Crippen molar-refractivity contribution in [3.8, 4) is 5.75 Å². The van der Waals surface area contributed by atoms with Gasteiger partial charge in [-0.25, -0.2) is 4.98 Å². The van der Waals surface area contributed by atoms with E-state index in [-0.39, 0.29) is 11.8 Å². The van der Waals surface area contributed by atoms with Crippen LogP contribution in [0.4, 0.5) is 5.13 Å². The summed E-state index contributed by atoms with van der Waals surface area (Å²) in [5.41, 5.74) is 3.15. The topological polar surface area (TPSA) is 95.0 Å². The number of nitrogens with zero attached hydrogens (tertiary/aromatic N) is 3. The Morgan fingerprint density at radius 1 is 1.24 bits per heavy atom. The lowest BCUT2D eigenvalue weighted by molar-refractivity contribution is 0.102. The van der Waals surface area contributed by atoms with E-state index in [0.29, 0.717) is 56.0 Å². The van der Waals surface area contributed by atoms with E-state index in [1.165, 1.54) is 11.3 Å². The van der Waals surface area contributed by atoms with Gasteiger partial charge in [0.05, 0.1) is 50.5 Å². The van der Waals surface area contributed by atoms with Crippen LogP contribution < -0.4 is 10.1 Å². The zero-order valence-electron chi connectivity index (χ0n) is 19.7. The van der Waals surface area contributed by atoms with Crippen molar-refractivity contribution in [3.05, 3.63) is 47.3 Å². The van der Waals surface area contributed by atoms with Crippen LogP contribution >= 0.6 is 11.3 Å². The molecule has 9 nitrogen and oxygen atoms in total. The Hall–Kier alpha value is -2.63. The third-order valence-electron chi connectivity index (χ3n) is 5.62. The number of pyridine rings is 1. The summed E-state index contributed by atoms with van der Waals surface area (Å²) in [5.74, 6) is 0.526. The average Bonchev–Trinajstić information content (AvgIpc) is 3.07. The molecule has 1 aliphatic rings. The van der Waals surface area contributed by atoms with Crippen molar-refractivity contribution in [2.24, 2.45) is 0 Å². The van der Waals surface area contributed by atoms with Crippen LogP contribution in [0.25, 0.3) is 10.2 Å². The van der Waals surface area contributed by atoms with E-state index in [4.69, 9.17) is 18.9 Å². The van der Waals surface area contributed by atoms with Gasteiger partial charge in [0.1, 0.15) is 11.3 Å². The molecular weight excluding hydrogens is 456 g/mol. The normalized spacial score (nSPS) is 14.9. The third kappa shape index (κ3) is 5.89. The number of likely N-dealkylation sites (N-methyl/N-ethyl adjacent to an activating group) is 1. The second-order valence-electron chi connectivity index (χ2n) is 8.12. The van der Waals surface area contributed by atoms with Gasteiger partial charge in [0, 0.05) is 37.9 Å². The molecule has 1 aromatic carbocycles. The van der Waals surface area contributed by atoms with E-state index in [0.717, 1.165) is 28.0 Å². The molecule has 182 valence electrons. The van der Waals surface area contributed by atoms with Gasteiger partial charge in [-0.1, -0.05) is 17.4 Å². The molecule has 3 aromatic rings. The molecule has 3 heterocycles. The van der Waals surface area contributed by atoms with E-state index in [9.17, 15) is 4.79 Å². The second-order valence-corrected chi connectivity index (χ2v) is 9.12. The van der Waals surface area contributed by atoms with Gasteiger partial charge < -0.3 is 18.9 Å². The minimum Gasteiger partial charge on any atom is -0.494 e. The Morgan fingerprint density at radius 3 is 2.76 bits per heavy atom. The lowest BCUT2D eigenvalue weighted by Gasteiger charge is -2.15. The summed E-state index contributed by atoms with van der Waals surface area (Å²) in [6.45, 7) is 4.39. The van der Waals surface area contributed by atoms with E-state index >= 15 is 0 Å². The highest BCUT2D eigenvalue weighted by molar-refractivity contribution is 7.22. The largest absolute Gasteiger partial charge is 0.494 e. The fourth-order valence-corrected chi connectivity index (χ4v) is 4.89. The van der Waals surface area contributed by atoms with Crippen molar-refractivity contribution in [1.29, 1.82) is 0 Å². The minimum absolute atomic E-state index is 0.0951. The number of carbonyl (C=O) groups is 1. The molecule has 0 aliphatic carbocycles. The van der Waals surface area contributed by atoms with Crippen LogP contribution in [0.3, 0.4) is 0 Å². The Balaban J connectivity index is 1.54. The number of amides is 1. The molecule has 1 saturated heterocycles. The number of thiazole rings is 1. The predicted octanol–water partition coefficient (Wildman–Crippen LogP) is 3.16. The Labute approximate surface area is 203 Å². The molecule has 34 heavy (non-hydrogen) atoms. The first kappa shape index (κ1) is 24.5. The standard InChI is InChI=1S/C24H30N4O5S/c1-28(8-9-30-2)13-18-12-16(6-7-25-18)23(29)27-24-26-21-20(31-3)5-4-19(22(21)34-24)17-14-32-10-11-33-15-17/h4-7,12,17H,8-11,13-15H2,1-3H3,(H,26,27,29). The molecule has 0 unspecified atom stereocenters. The van der Waals surface area contributed by atoms with E-state index in [1.54, 1.807) is 32.5 Å². The fraction of sp³-hybridized carbons (Fsp3) is 0.458. The molecule has 1 aliphatic heterocycles. The number of carbonyl (C=O) groups excluding carboxylic acids is 1. The van der Waals surface area contributed by atoms with Gasteiger partial charge >= 0.3 is 0 Å². The second kappa shape index (κ2) is 11.7. The van der Waals surface area contributed by atoms with Crippen molar-refractivity contribution in [1.82, 2.24) is 14.9 Å². The van der Waals surface area contributed by atoms with Crippen molar-refractivity contribution in [3.63, 3.8) is 0 Å². The lowest BCUT2D eigenvalue weighted by atomic mass is 10.0. The summed E-state index contributed by atoms with van der Waals surface area (Å²) >= 11 is 1.43. The number of fused-ring (bicyclic) bond motifs is 1. The molecule has 2 aromatic heterocycles. The fourth-order valence-electron chi connectivity index (χ4n) is 3.82. The molecule has 10 heteroatoms. The highest BCUT2D eigenvalue weighted by Gasteiger charge is 2.22. The van der Waals surface area contributed by atoms with Crippen LogP contribution in [0, 0.1) is 0 Å². The first-order valence-electron chi connectivity index (χ1n) is 11.2. The lowest BCUT2D eigenvalue weighted by Crippen LogP contribution is -2.23. The maximum atomic E-state index is 13.0. The number of hydrogen-bond donors (Lipinski definition) is 1. The van der Waals surface area contributed by atoms with Crippen LogP contribution in [-0.4, -0.2) is 81.6 Å². The summed E-state index contributed by atoms with van der Waals surface area (Å²) in [6.07, 6.45) is 1.65. The summed E-state index contributed by atoms with van der Waals surface area (Å²) in [4.78, 5) is 24.2. The number of rotatable bonds is 9. The Kier molecular flexibility index (Phi) is 8.41. The molecule has 0 atom stereocenters.